The quantitative estimate of drug-likeness (QED) is 0.808. The number of likely N-dealkylation sites (tertiary alicyclic amines) is 1. The second-order valence-electron chi connectivity index (χ2n) is 5.97. The molecule has 0 aromatic carbocycles. The minimum absolute atomic E-state index is 0.0722. The van der Waals surface area contributed by atoms with Gasteiger partial charge in [-0.2, -0.15) is 0 Å². The van der Waals surface area contributed by atoms with Crippen molar-refractivity contribution in [2.24, 2.45) is 5.92 Å². The number of piperidine rings is 1. The van der Waals surface area contributed by atoms with E-state index in [0.29, 0.717) is 12.0 Å². The minimum atomic E-state index is -0.730. The van der Waals surface area contributed by atoms with E-state index in [2.05, 4.69) is 4.90 Å². The van der Waals surface area contributed by atoms with Crippen LogP contribution in [0.2, 0.25) is 0 Å². The van der Waals surface area contributed by atoms with E-state index in [0.717, 1.165) is 19.3 Å². The first kappa shape index (κ1) is 13.8. The zero-order valence-electron chi connectivity index (χ0n) is 11.4. The Morgan fingerprint density at radius 2 is 1.83 bits per heavy atom. The van der Waals surface area contributed by atoms with Crippen LogP contribution in [0, 0.1) is 5.92 Å². The molecule has 2 N–H and O–H groups in total. The lowest BCUT2D eigenvalue weighted by Crippen LogP contribution is -2.60. The first-order chi connectivity index (χ1) is 8.52. The number of fused-ring (bicyclic) bond motifs is 1. The van der Waals surface area contributed by atoms with Gasteiger partial charge in [0.15, 0.2) is 0 Å². The highest BCUT2D eigenvalue weighted by Crippen LogP contribution is 2.39. The molecule has 4 nitrogen and oxygen atoms in total. The number of carbonyl (C=O) groups is 1. The fraction of sp³-hybridized carbons (Fsp3) is 0.929. The van der Waals surface area contributed by atoms with Crippen molar-refractivity contribution in [1.29, 1.82) is 0 Å². The molecule has 2 fully saturated rings. The Hall–Kier alpha value is -0.610. The van der Waals surface area contributed by atoms with Gasteiger partial charge < -0.3 is 10.2 Å². The molecular formula is C14H25NO3. The SMILES string of the molecule is CC(O)C(C)N1C(C(=O)O)CCC2CCCCC21. The lowest BCUT2D eigenvalue weighted by molar-refractivity contribution is -0.152. The van der Waals surface area contributed by atoms with E-state index < -0.39 is 18.1 Å². The van der Waals surface area contributed by atoms with Gasteiger partial charge in [0.1, 0.15) is 6.04 Å². The van der Waals surface area contributed by atoms with Crippen LogP contribution in [0.5, 0.6) is 0 Å². The number of carboxylic acids is 1. The van der Waals surface area contributed by atoms with Crippen LogP contribution in [0.1, 0.15) is 52.4 Å². The fourth-order valence-electron chi connectivity index (χ4n) is 3.76. The van der Waals surface area contributed by atoms with Gasteiger partial charge in [-0.15, -0.1) is 0 Å². The van der Waals surface area contributed by atoms with E-state index in [1.807, 2.05) is 6.92 Å². The van der Waals surface area contributed by atoms with Crippen LogP contribution >= 0.6 is 0 Å². The van der Waals surface area contributed by atoms with Crippen molar-refractivity contribution in [2.75, 3.05) is 0 Å². The molecule has 104 valence electrons. The summed E-state index contributed by atoms with van der Waals surface area (Å²) in [6.07, 6.45) is 6.06. The molecule has 1 aliphatic carbocycles. The van der Waals surface area contributed by atoms with E-state index in [4.69, 9.17) is 0 Å². The topological polar surface area (TPSA) is 60.8 Å². The lowest BCUT2D eigenvalue weighted by Gasteiger charge is -2.50. The maximum Gasteiger partial charge on any atom is 0.320 e. The summed E-state index contributed by atoms with van der Waals surface area (Å²) in [5, 5.41) is 19.2. The normalized spacial score (nSPS) is 36.7. The van der Waals surface area contributed by atoms with Gasteiger partial charge >= 0.3 is 5.97 Å². The first-order valence-electron chi connectivity index (χ1n) is 7.20. The van der Waals surface area contributed by atoms with Crippen LogP contribution in [0.3, 0.4) is 0 Å². The summed E-state index contributed by atoms with van der Waals surface area (Å²) < 4.78 is 0. The van der Waals surface area contributed by atoms with E-state index in [-0.39, 0.29) is 6.04 Å². The van der Waals surface area contributed by atoms with Gasteiger partial charge in [0.05, 0.1) is 6.10 Å². The Bertz CT molecular complexity index is 305. The molecule has 0 amide bonds. The standard InChI is InChI=1S/C14H25NO3/c1-9(10(2)16)15-12-6-4-3-5-11(12)7-8-13(15)14(17)18/h9-13,16H,3-8H2,1-2H3,(H,17,18). The molecule has 1 heterocycles. The molecule has 5 atom stereocenters. The number of aliphatic carboxylic acids is 1. The highest BCUT2D eigenvalue weighted by molar-refractivity contribution is 5.73. The van der Waals surface area contributed by atoms with Gasteiger partial charge in [-0.25, -0.2) is 0 Å². The third-order valence-electron chi connectivity index (χ3n) is 4.88. The Labute approximate surface area is 109 Å². The van der Waals surface area contributed by atoms with Crippen molar-refractivity contribution in [1.82, 2.24) is 4.90 Å². The molecule has 18 heavy (non-hydrogen) atoms. The smallest absolute Gasteiger partial charge is 0.320 e. The molecule has 0 spiro atoms. The minimum Gasteiger partial charge on any atom is -0.480 e. The van der Waals surface area contributed by atoms with Crippen LogP contribution < -0.4 is 0 Å². The summed E-state index contributed by atoms with van der Waals surface area (Å²) in [5.74, 6) is -0.0953. The van der Waals surface area contributed by atoms with E-state index in [1.165, 1.54) is 19.3 Å². The second kappa shape index (κ2) is 5.57. The summed E-state index contributed by atoms with van der Waals surface area (Å²) in [5.41, 5.74) is 0. The van der Waals surface area contributed by atoms with Crippen molar-refractivity contribution in [3.8, 4) is 0 Å². The maximum absolute atomic E-state index is 11.4. The summed E-state index contributed by atoms with van der Waals surface area (Å²) in [6, 6.07) is -0.121. The highest BCUT2D eigenvalue weighted by atomic mass is 16.4. The first-order valence-corrected chi connectivity index (χ1v) is 7.20. The van der Waals surface area contributed by atoms with Gasteiger partial charge in [-0.1, -0.05) is 12.8 Å². The third kappa shape index (κ3) is 2.54. The van der Waals surface area contributed by atoms with Crippen molar-refractivity contribution < 1.29 is 15.0 Å². The van der Waals surface area contributed by atoms with E-state index in [9.17, 15) is 15.0 Å². The van der Waals surface area contributed by atoms with Gasteiger partial charge in [0.2, 0.25) is 0 Å². The maximum atomic E-state index is 11.4. The molecule has 1 aliphatic heterocycles. The van der Waals surface area contributed by atoms with Crippen molar-refractivity contribution >= 4 is 5.97 Å². The molecule has 0 radical (unpaired) electrons. The Kier molecular flexibility index (Phi) is 4.28. The van der Waals surface area contributed by atoms with Crippen molar-refractivity contribution in [3.63, 3.8) is 0 Å². The number of hydrogen-bond acceptors (Lipinski definition) is 3. The van der Waals surface area contributed by atoms with Crippen LogP contribution in [0.25, 0.3) is 0 Å². The predicted molar refractivity (Wildman–Crippen MR) is 69.4 cm³/mol. The molecule has 1 saturated heterocycles. The molecule has 2 rings (SSSR count). The van der Waals surface area contributed by atoms with Gasteiger partial charge in [-0.3, -0.25) is 9.69 Å². The number of aliphatic hydroxyl groups is 1. The monoisotopic (exact) mass is 255 g/mol. The Morgan fingerprint density at radius 3 is 2.44 bits per heavy atom. The number of nitrogens with zero attached hydrogens (tertiary/aromatic N) is 1. The zero-order chi connectivity index (χ0) is 13.3. The zero-order valence-corrected chi connectivity index (χ0v) is 11.4. The lowest BCUT2D eigenvalue weighted by atomic mass is 9.75. The Balaban J connectivity index is 2.21. The highest BCUT2D eigenvalue weighted by Gasteiger charge is 2.44. The molecule has 2 aliphatic rings. The molecule has 4 heteroatoms. The van der Waals surface area contributed by atoms with Crippen LogP contribution in [-0.2, 0) is 4.79 Å². The third-order valence-corrected chi connectivity index (χ3v) is 4.88. The van der Waals surface area contributed by atoms with Crippen LogP contribution in [-0.4, -0.2) is 45.3 Å². The van der Waals surface area contributed by atoms with Gasteiger partial charge in [0.25, 0.3) is 0 Å². The van der Waals surface area contributed by atoms with Gasteiger partial charge in [-0.05, 0) is 45.4 Å². The molecule has 5 unspecified atom stereocenters. The average molecular weight is 255 g/mol. The molecule has 0 aromatic rings. The summed E-state index contributed by atoms with van der Waals surface area (Å²) in [7, 11) is 0. The second-order valence-corrected chi connectivity index (χ2v) is 5.97. The van der Waals surface area contributed by atoms with Crippen molar-refractivity contribution in [2.45, 2.75) is 76.6 Å². The van der Waals surface area contributed by atoms with Gasteiger partial charge in [0, 0.05) is 12.1 Å². The molecule has 1 saturated carbocycles. The summed E-state index contributed by atoms with van der Waals surface area (Å²) in [4.78, 5) is 13.5. The van der Waals surface area contributed by atoms with Crippen LogP contribution in [0.4, 0.5) is 0 Å². The predicted octanol–water partition coefficient (Wildman–Crippen LogP) is 1.86. The number of carboxylic acid groups (broad SMARTS) is 1. The average Bonchev–Trinajstić information content (AvgIpc) is 2.36. The molecular weight excluding hydrogens is 230 g/mol. The Morgan fingerprint density at radius 1 is 1.17 bits per heavy atom. The van der Waals surface area contributed by atoms with Crippen LogP contribution in [0.15, 0.2) is 0 Å². The fourth-order valence-corrected chi connectivity index (χ4v) is 3.76. The number of rotatable bonds is 3. The number of hydrogen-bond donors (Lipinski definition) is 2. The van der Waals surface area contributed by atoms with E-state index in [1.54, 1.807) is 6.92 Å². The summed E-state index contributed by atoms with van der Waals surface area (Å²) in [6.45, 7) is 3.72. The van der Waals surface area contributed by atoms with E-state index >= 15 is 0 Å². The number of aliphatic hydroxyl groups excluding tert-OH is 1. The molecule has 0 aromatic heterocycles. The summed E-state index contributed by atoms with van der Waals surface area (Å²) >= 11 is 0. The largest absolute Gasteiger partial charge is 0.480 e. The molecule has 0 bridgehead atoms. The van der Waals surface area contributed by atoms with Crippen molar-refractivity contribution in [3.05, 3.63) is 0 Å².